The molecule has 0 unspecified atom stereocenters. The summed E-state index contributed by atoms with van der Waals surface area (Å²) in [4.78, 5) is 0. The predicted octanol–water partition coefficient (Wildman–Crippen LogP) is 3.88. The number of ether oxygens (including phenoxy) is 2. The fourth-order valence-electron chi connectivity index (χ4n) is 1.78. The van der Waals surface area contributed by atoms with E-state index in [1.807, 2.05) is 24.3 Å². The Balaban J connectivity index is 2.07. The number of nitrogens with one attached hydrogen (secondary N) is 1. The van der Waals surface area contributed by atoms with E-state index >= 15 is 0 Å². The molecule has 0 saturated heterocycles. The molecule has 0 saturated carbocycles. The van der Waals surface area contributed by atoms with E-state index in [1.165, 1.54) is 0 Å². The Bertz CT molecular complexity index is 335. The van der Waals surface area contributed by atoms with E-state index in [1.54, 1.807) is 0 Å². The average molecular weight is 279 g/mol. The molecule has 114 valence electrons. The van der Waals surface area contributed by atoms with Gasteiger partial charge in [0.2, 0.25) is 0 Å². The highest BCUT2D eigenvalue weighted by molar-refractivity contribution is 5.31. The number of unbranched alkanes of at least 4 members (excludes halogenated alkanes) is 1. The van der Waals surface area contributed by atoms with Crippen LogP contribution in [-0.4, -0.2) is 26.3 Å². The third kappa shape index (κ3) is 8.05. The highest BCUT2D eigenvalue weighted by atomic mass is 16.5. The summed E-state index contributed by atoms with van der Waals surface area (Å²) in [5, 5.41) is 3.44. The minimum absolute atomic E-state index is 0.722. The van der Waals surface area contributed by atoms with Gasteiger partial charge in [0, 0.05) is 0 Å². The highest BCUT2D eigenvalue weighted by Crippen LogP contribution is 2.17. The van der Waals surface area contributed by atoms with Gasteiger partial charge in [-0.1, -0.05) is 20.8 Å². The van der Waals surface area contributed by atoms with Crippen LogP contribution in [0, 0.1) is 5.92 Å². The molecule has 0 bridgehead atoms. The normalized spacial score (nSPS) is 10.8. The fourth-order valence-corrected chi connectivity index (χ4v) is 1.78. The van der Waals surface area contributed by atoms with Crippen molar-refractivity contribution in [2.24, 2.45) is 5.92 Å². The summed E-state index contributed by atoms with van der Waals surface area (Å²) in [7, 11) is 0. The average Bonchev–Trinajstić information content (AvgIpc) is 2.45. The Morgan fingerprint density at radius 3 is 2.10 bits per heavy atom. The molecule has 0 spiro atoms. The fraction of sp³-hybridized carbons (Fsp3) is 0.647. The van der Waals surface area contributed by atoms with Gasteiger partial charge in [-0.15, -0.1) is 0 Å². The van der Waals surface area contributed by atoms with E-state index in [0.29, 0.717) is 0 Å². The van der Waals surface area contributed by atoms with Crippen LogP contribution in [0.5, 0.6) is 11.5 Å². The first kappa shape index (κ1) is 16.8. The SMILES string of the molecule is CCCOc1ccc(OCCCCNCC(C)C)cc1. The molecule has 1 aromatic carbocycles. The van der Waals surface area contributed by atoms with Gasteiger partial charge in [-0.3, -0.25) is 0 Å². The molecule has 0 aliphatic heterocycles. The van der Waals surface area contributed by atoms with Crippen LogP contribution < -0.4 is 14.8 Å². The predicted molar refractivity (Wildman–Crippen MR) is 84.7 cm³/mol. The molecule has 20 heavy (non-hydrogen) atoms. The summed E-state index contributed by atoms with van der Waals surface area (Å²) in [6, 6.07) is 7.88. The minimum atomic E-state index is 0.722. The zero-order valence-corrected chi connectivity index (χ0v) is 13.2. The molecule has 0 amide bonds. The van der Waals surface area contributed by atoms with Crippen molar-refractivity contribution < 1.29 is 9.47 Å². The van der Waals surface area contributed by atoms with Crippen LogP contribution in [0.4, 0.5) is 0 Å². The number of hydrogen-bond acceptors (Lipinski definition) is 3. The quantitative estimate of drug-likeness (QED) is 0.624. The zero-order valence-electron chi connectivity index (χ0n) is 13.2. The maximum Gasteiger partial charge on any atom is 0.119 e. The van der Waals surface area contributed by atoms with Gasteiger partial charge in [-0.25, -0.2) is 0 Å². The lowest BCUT2D eigenvalue weighted by Gasteiger charge is -2.09. The number of hydrogen-bond donors (Lipinski definition) is 1. The van der Waals surface area contributed by atoms with Gasteiger partial charge in [0.05, 0.1) is 13.2 Å². The highest BCUT2D eigenvalue weighted by Gasteiger charge is 1.97. The Labute approximate surface area is 123 Å². The molecule has 0 aliphatic carbocycles. The van der Waals surface area contributed by atoms with Crippen molar-refractivity contribution >= 4 is 0 Å². The van der Waals surface area contributed by atoms with Gasteiger partial charge in [-0.2, -0.15) is 0 Å². The third-order valence-electron chi connectivity index (χ3n) is 2.87. The number of benzene rings is 1. The van der Waals surface area contributed by atoms with Crippen molar-refractivity contribution in [1.82, 2.24) is 5.32 Å². The van der Waals surface area contributed by atoms with E-state index in [9.17, 15) is 0 Å². The lowest BCUT2D eigenvalue weighted by atomic mass is 10.2. The topological polar surface area (TPSA) is 30.5 Å². The Hall–Kier alpha value is -1.22. The standard InChI is InChI=1S/C17H29NO2/c1-4-12-19-16-7-9-17(10-8-16)20-13-6-5-11-18-14-15(2)3/h7-10,15,18H,4-6,11-14H2,1-3H3. The summed E-state index contributed by atoms with van der Waals surface area (Å²) in [5.74, 6) is 2.56. The van der Waals surface area contributed by atoms with Gasteiger partial charge in [0.15, 0.2) is 0 Å². The van der Waals surface area contributed by atoms with Crippen molar-refractivity contribution in [2.75, 3.05) is 26.3 Å². The van der Waals surface area contributed by atoms with Crippen LogP contribution in [0.2, 0.25) is 0 Å². The van der Waals surface area contributed by atoms with Gasteiger partial charge in [-0.05, 0) is 62.5 Å². The molecule has 0 fully saturated rings. The van der Waals surface area contributed by atoms with Crippen LogP contribution in [0.25, 0.3) is 0 Å². The first-order valence-corrected chi connectivity index (χ1v) is 7.78. The maximum absolute atomic E-state index is 5.71. The molecule has 0 heterocycles. The van der Waals surface area contributed by atoms with Gasteiger partial charge in [0.1, 0.15) is 11.5 Å². The molecule has 0 radical (unpaired) electrons. The van der Waals surface area contributed by atoms with E-state index in [2.05, 4.69) is 26.1 Å². The molecule has 0 aliphatic rings. The summed E-state index contributed by atoms with van der Waals surface area (Å²) in [5.41, 5.74) is 0. The zero-order chi connectivity index (χ0) is 14.6. The van der Waals surface area contributed by atoms with Gasteiger partial charge >= 0.3 is 0 Å². The molecule has 3 nitrogen and oxygen atoms in total. The van der Waals surface area contributed by atoms with E-state index in [4.69, 9.17) is 9.47 Å². The Morgan fingerprint density at radius 1 is 0.950 bits per heavy atom. The van der Waals surface area contributed by atoms with Crippen LogP contribution in [0.1, 0.15) is 40.0 Å². The summed E-state index contributed by atoms with van der Waals surface area (Å²) < 4.78 is 11.2. The molecule has 0 atom stereocenters. The van der Waals surface area contributed by atoms with Crippen molar-refractivity contribution in [3.63, 3.8) is 0 Å². The second-order valence-corrected chi connectivity index (χ2v) is 5.47. The van der Waals surface area contributed by atoms with E-state index < -0.39 is 0 Å². The monoisotopic (exact) mass is 279 g/mol. The van der Waals surface area contributed by atoms with Crippen molar-refractivity contribution in [3.05, 3.63) is 24.3 Å². The van der Waals surface area contributed by atoms with Gasteiger partial charge in [0.25, 0.3) is 0 Å². The van der Waals surface area contributed by atoms with E-state index in [0.717, 1.165) is 63.0 Å². The van der Waals surface area contributed by atoms with Gasteiger partial charge < -0.3 is 14.8 Å². The first-order valence-electron chi connectivity index (χ1n) is 7.78. The van der Waals surface area contributed by atoms with Crippen LogP contribution >= 0.6 is 0 Å². The lowest BCUT2D eigenvalue weighted by Crippen LogP contribution is -2.21. The van der Waals surface area contributed by atoms with Crippen LogP contribution in [0.15, 0.2) is 24.3 Å². The summed E-state index contributed by atoms with van der Waals surface area (Å²) in [6.45, 7) is 10.3. The lowest BCUT2D eigenvalue weighted by molar-refractivity contribution is 0.301. The molecule has 1 N–H and O–H groups in total. The molecule has 1 rings (SSSR count). The third-order valence-corrected chi connectivity index (χ3v) is 2.87. The van der Waals surface area contributed by atoms with Crippen molar-refractivity contribution in [1.29, 1.82) is 0 Å². The second kappa shape index (κ2) is 10.6. The van der Waals surface area contributed by atoms with E-state index in [-0.39, 0.29) is 0 Å². The first-order chi connectivity index (χ1) is 9.72. The Kier molecular flexibility index (Phi) is 8.88. The molecule has 0 aromatic heterocycles. The smallest absolute Gasteiger partial charge is 0.119 e. The summed E-state index contributed by atoms with van der Waals surface area (Å²) in [6.07, 6.45) is 3.27. The Morgan fingerprint density at radius 2 is 1.55 bits per heavy atom. The molecular weight excluding hydrogens is 250 g/mol. The summed E-state index contributed by atoms with van der Waals surface area (Å²) >= 11 is 0. The molecular formula is C17H29NO2. The van der Waals surface area contributed by atoms with Crippen LogP contribution in [0.3, 0.4) is 0 Å². The number of rotatable bonds is 11. The largest absolute Gasteiger partial charge is 0.494 e. The van der Waals surface area contributed by atoms with Crippen molar-refractivity contribution in [2.45, 2.75) is 40.0 Å². The molecule has 3 heteroatoms. The maximum atomic E-state index is 5.71. The van der Waals surface area contributed by atoms with Crippen molar-refractivity contribution in [3.8, 4) is 11.5 Å². The molecule has 1 aromatic rings. The minimum Gasteiger partial charge on any atom is -0.494 e. The van der Waals surface area contributed by atoms with Crippen LogP contribution in [-0.2, 0) is 0 Å². The second-order valence-electron chi connectivity index (χ2n) is 5.47.